The van der Waals surface area contributed by atoms with Crippen LogP contribution in [0.15, 0.2) is 41.3 Å². The van der Waals surface area contributed by atoms with Gasteiger partial charge in [-0.15, -0.1) is 0 Å². The lowest BCUT2D eigenvalue weighted by Crippen LogP contribution is -2.22. The van der Waals surface area contributed by atoms with Gasteiger partial charge in [-0.3, -0.25) is 14.6 Å². The molecular weight excluding hydrogens is 408 g/mol. The minimum atomic E-state index is -0.940. The maximum atomic E-state index is 12.5. The maximum absolute atomic E-state index is 12.5. The molecule has 1 amide bonds. The zero-order chi connectivity index (χ0) is 22.5. The van der Waals surface area contributed by atoms with Crippen LogP contribution in [0.1, 0.15) is 42.1 Å². The monoisotopic (exact) mass is 431 g/mol. The van der Waals surface area contributed by atoms with Gasteiger partial charge in [0.15, 0.2) is 17.0 Å². The number of amides is 1. The second-order valence-electron chi connectivity index (χ2n) is 7.30. The summed E-state index contributed by atoms with van der Waals surface area (Å²) in [5.74, 6) is -2.06. The Bertz CT molecular complexity index is 1140. The summed E-state index contributed by atoms with van der Waals surface area (Å²) in [4.78, 5) is 30.7. The van der Waals surface area contributed by atoms with E-state index in [4.69, 9.17) is 10.5 Å². The number of nitrogens with one attached hydrogen (secondary N) is 1. The SMILES string of the molecule is CC1CC[C@H](c2cc(=O)c3c(C(N)=O)nccc3[nH]2)OC1.COc1cccc(F)c1F. The summed E-state index contributed by atoms with van der Waals surface area (Å²) in [6.07, 6.45) is 3.29. The van der Waals surface area contributed by atoms with Crippen LogP contribution >= 0.6 is 0 Å². The quantitative estimate of drug-likeness (QED) is 0.660. The van der Waals surface area contributed by atoms with Crippen LogP contribution in [-0.4, -0.2) is 29.6 Å². The van der Waals surface area contributed by atoms with E-state index in [9.17, 15) is 18.4 Å². The molecule has 3 N–H and O–H groups in total. The van der Waals surface area contributed by atoms with Gasteiger partial charge in [0.1, 0.15) is 5.69 Å². The van der Waals surface area contributed by atoms with E-state index in [1.165, 1.54) is 31.5 Å². The molecule has 0 radical (unpaired) electrons. The van der Waals surface area contributed by atoms with Gasteiger partial charge in [0.05, 0.1) is 30.7 Å². The smallest absolute Gasteiger partial charge is 0.268 e. The van der Waals surface area contributed by atoms with Gasteiger partial charge >= 0.3 is 0 Å². The van der Waals surface area contributed by atoms with Crippen molar-refractivity contribution < 1.29 is 23.0 Å². The second-order valence-corrected chi connectivity index (χ2v) is 7.30. The minimum absolute atomic E-state index is 0.00140. The molecule has 0 aliphatic carbocycles. The van der Waals surface area contributed by atoms with Crippen LogP contribution in [0.3, 0.4) is 0 Å². The Kier molecular flexibility index (Phi) is 6.96. The number of pyridine rings is 2. The molecule has 1 fully saturated rings. The van der Waals surface area contributed by atoms with Gasteiger partial charge in [-0.25, -0.2) is 4.39 Å². The summed E-state index contributed by atoms with van der Waals surface area (Å²) in [6.45, 7) is 2.83. The normalized spacial score (nSPS) is 18.2. The van der Waals surface area contributed by atoms with E-state index < -0.39 is 17.5 Å². The molecule has 0 bridgehead atoms. The second kappa shape index (κ2) is 9.65. The average molecular weight is 431 g/mol. The van der Waals surface area contributed by atoms with Crippen LogP contribution in [0.4, 0.5) is 8.78 Å². The fraction of sp³-hybridized carbons (Fsp3) is 0.318. The van der Waals surface area contributed by atoms with E-state index >= 15 is 0 Å². The van der Waals surface area contributed by atoms with Gasteiger partial charge < -0.3 is 20.2 Å². The van der Waals surface area contributed by atoms with Crippen LogP contribution in [0, 0.1) is 17.6 Å². The van der Waals surface area contributed by atoms with E-state index in [0.29, 0.717) is 18.0 Å². The predicted molar refractivity (Wildman–Crippen MR) is 111 cm³/mol. The van der Waals surface area contributed by atoms with Crippen molar-refractivity contribution in [1.82, 2.24) is 9.97 Å². The van der Waals surface area contributed by atoms with Gasteiger partial charge in [0.2, 0.25) is 5.82 Å². The molecule has 9 heteroatoms. The van der Waals surface area contributed by atoms with Gasteiger partial charge in [0, 0.05) is 18.0 Å². The molecule has 2 aromatic heterocycles. The number of hydrogen-bond donors (Lipinski definition) is 2. The highest BCUT2D eigenvalue weighted by Crippen LogP contribution is 2.29. The molecule has 1 aliphatic rings. The Morgan fingerprint density at radius 3 is 2.68 bits per heavy atom. The zero-order valence-electron chi connectivity index (χ0n) is 17.2. The van der Waals surface area contributed by atoms with Crippen LogP contribution in [0.2, 0.25) is 0 Å². The molecule has 0 saturated carbocycles. The summed E-state index contributed by atoms with van der Waals surface area (Å²) in [5.41, 5.74) is 6.30. The van der Waals surface area contributed by atoms with E-state index in [2.05, 4.69) is 21.6 Å². The number of fused-ring (bicyclic) bond motifs is 1. The number of methoxy groups -OCH3 is 1. The lowest BCUT2D eigenvalue weighted by Gasteiger charge is -2.27. The van der Waals surface area contributed by atoms with Crippen molar-refractivity contribution in [2.75, 3.05) is 13.7 Å². The summed E-state index contributed by atoms with van der Waals surface area (Å²) in [6, 6.07) is 6.93. The molecule has 2 atom stereocenters. The number of aromatic amines is 1. The lowest BCUT2D eigenvalue weighted by atomic mass is 9.98. The summed E-state index contributed by atoms with van der Waals surface area (Å²) >= 11 is 0. The van der Waals surface area contributed by atoms with E-state index in [0.717, 1.165) is 24.6 Å². The average Bonchev–Trinajstić information content (AvgIpc) is 2.76. The van der Waals surface area contributed by atoms with Crippen molar-refractivity contribution in [1.29, 1.82) is 0 Å². The third kappa shape index (κ3) is 5.05. The fourth-order valence-electron chi connectivity index (χ4n) is 3.35. The van der Waals surface area contributed by atoms with Crippen molar-refractivity contribution in [3.63, 3.8) is 0 Å². The van der Waals surface area contributed by atoms with Crippen molar-refractivity contribution in [3.05, 3.63) is 69.8 Å². The number of rotatable bonds is 3. The first kappa shape index (κ1) is 22.4. The minimum Gasteiger partial charge on any atom is -0.494 e. The number of ether oxygens (including phenoxy) is 2. The maximum Gasteiger partial charge on any atom is 0.268 e. The van der Waals surface area contributed by atoms with E-state index in [1.807, 2.05) is 0 Å². The molecule has 1 saturated heterocycles. The first-order chi connectivity index (χ1) is 14.8. The van der Waals surface area contributed by atoms with Gasteiger partial charge in [-0.2, -0.15) is 4.39 Å². The molecular formula is C22H23F2N3O4. The number of primary amides is 1. The molecule has 1 aromatic carbocycles. The molecule has 1 unspecified atom stereocenters. The molecule has 1 aliphatic heterocycles. The Morgan fingerprint density at radius 1 is 1.29 bits per heavy atom. The van der Waals surface area contributed by atoms with Gasteiger partial charge in [0.25, 0.3) is 5.91 Å². The van der Waals surface area contributed by atoms with Crippen LogP contribution < -0.4 is 15.9 Å². The number of halogens is 2. The highest BCUT2D eigenvalue weighted by molar-refractivity contribution is 6.03. The molecule has 7 nitrogen and oxygen atoms in total. The van der Waals surface area contributed by atoms with Gasteiger partial charge in [-0.1, -0.05) is 13.0 Å². The Balaban J connectivity index is 0.000000229. The highest BCUT2D eigenvalue weighted by atomic mass is 19.2. The number of nitrogens with zero attached hydrogens (tertiary/aromatic N) is 1. The Labute approximate surface area is 177 Å². The zero-order valence-corrected chi connectivity index (χ0v) is 17.2. The van der Waals surface area contributed by atoms with Crippen molar-refractivity contribution in [2.45, 2.75) is 25.9 Å². The topological polar surface area (TPSA) is 107 Å². The fourth-order valence-corrected chi connectivity index (χ4v) is 3.35. The van der Waals surface area contributed by atoms with Crippen LogP contribution in [-0.2, 0) is 4.74 Å². The number of nitrogens with two attached hydrogens (primary N) is 1. The molecule has 31 heavy (non-hydrogen) atoms. The summed E-state index contributed by atoms with van der Waals surface area (Å²) < 4.78 is 35.1. The van der Waals surface area contributed by atoms with Crippen molar-refractivity contribution >= 4 is 16.8 Å². The first-order valence-electron chi connectivity index (χ1n) is 9.73. The number of benzene rings is 1. The summed E-state index contributed by atoms with van der Waals surface area (Å²) in [7, 11) is 1.29. The standard InChI is InChI=1S/C15H17N3O3.C7H6F2O/c1-8-2-3-12(21-7-8)10-6-11(19)13-9(18-10)4-5-17-14(13)15(16)20;1-10-6-4-2-3-5(8)7(6)9/h4-6,8,12H,2-3,7H2,1H3,(H2,16,20)(H,18,19);2-4H,1H3/t8?,12-;/m1./s1. The van der Waals surface area contributed by atoms with Crippen molar-refractivity contribution in [3.8, 4) is 5.75 Å². The molecule has 3 aromatic rings. The van der Waals surface area contributed by atoms with Gasteiger partial charge in [-0.05, 0) is 37.0 Å². The first-order valence-corrected chi connectivity index (χ1v) is 9.73. The number of hydrogen-bond acceptors (Lipinski definition) is 5. The number of carbonyl (C=O) groups excluding carboxylic acids is 1. The van der Waals surface area contributed by atoms with Crippen LogP contribution in [0.5, 0.6) is 5.75 Å². The number of aromatic nitrogens is 2. The predicted octanol–water partition coefficient (Wildman–Crippen LogP) is 3.48. The third-order valence-electron chi connectivity index (χ3n) is 4.98. The lowest BCUT2D eigenvalue weighted by molar-refractivity contribution is -0.0145. The largest absolute Gasteiger partial charge is 0.494 e. The van der Waals surface area contributed by atoms with E-state index in [-0.39, 0.29) is 28.4 Å². The van der Waals surface area contributed by atoms with E-state index in [1.54, 1.807) is 6.07 Å². The Morgan fingerprint density at radius 2 is 2.06 bits per heavy atom. The number of carbonyl (C=O) groups is 1. The molecule has 3 heterocycles. The summed E-state index contributed by atoms with van der Waals surface area (Å²) in [5, 5.41) is 0.234. The Hall–Kier alpha value is -3.33. The van der Waals surface area contributed by atoms with Crippen molar-refractivity contribution in [2.24, 2.45) is 11.7 Å². The molecule has 0 spiro atoms. The number of H-pyrrole nitrogens is 1. The highest BCUT2D eigenvalue weighted by Gasteiger charge is 2.22. The van der Waals surface area contributed by atoms with Crippen LogP contribution in [0.25, 0.3) is 10.9 Å². The third-order valence-corrected chi connectivity index (χ3v) is 4.98. The molecule has 164 valence electrons. The molecule has 4 rings (SSSR count).